The second-order valence-electron chi connectivity index (χ2n) is 10.2. The minimum atomic E-state index is -0.207. The number of benzene rings is 1. The lowest BCUT2D eigenvalue weighted by molar-refractivity contribution is -0.124. The molecule has 0 spiro atoms. The number of carbonyl (C=O) groups excluding carboxylic acids is 2. The Kier molecular flexibility index (Phi) is 8.11. The van der Waals surface area contributed by atoms with Crippen molar-refractivity contribution in [1.29, 1.82) is 0 Å². The van der Waals surface area contributed by atoms with Gasteiger partial charge in [0, 0.05) is 18.6 Å². The van der Waals surface area contributed by atoms with Crippen molar-refractivity contribution in [2.24, 2.45) is 0 Å². The average molecular weight is 429 g/mol. The van der Waals surface area contributed by atoms with Gasteiger partial charge in [-0.3, -0.25) is 19.4 Å². The molecule has 1 fully saturated rings. The normalized spacial score (nSPS) is 19.2. The van der Waals surface area contributed by atoms with Crippen molar-refractivity contribution in [3.63, 3.8) is 0 Å². The van der Waals surface area contributed by atoms with E-state index in [2.05, 4.69) is 45.6 Å². The maximum absolute atomic E-state index is 12.7. The van der Waals surface area contributed by atoms with E-state index >= 15 is 0 Å². The van der Waals surface area contributed by atoms with Crippen LogP contribution in [0, 0.1) is 0 Å². The van der Waals surface area contributed by atoms with E-state index in [0.29, 0.717) is 13.1 Å². The number of hydrogen-bond acceptors (Lipinski definition) is 4. The summed E-state index contributed by atoms with van der Waals surface area (Å²) in [4.78, 5) is 29.3. The highest BCUT2D eigenvalue weighted by atomic mass is 16.2. The number of nitrogens with one attached hydrogen (secondary N) is 2. The maximum atomic E-state index is 12.7. The van der Waals surface area contributed by atoms with E-state index in [9.17, 15) is 9.59 Å². The molecule has 3 rings (SSSR count). The highest BCUT2D eigenvalue weighted by Crippen LogP contribution is 2.24. The molecule has 31 heavy (non-hydrogen) atoms. The smallest absolute Gasteiger partial charge is 0.234 e. The van der Waals surface area contributed by atoms with E-state index in [1.807, 2.05) is 20.8 Å². The van der Waals surface area contributed by atoms with Crippen LogP contribution in [0.4, 0.5) is 0 Å². The van der Waals surface area contributed by atoms with Gasteiger partial charge in [0.05, 0.1) is 19.1 Å². The summed E-state index contributed by atoms with van der Waals surface area (Å²) >= 11 is 0. The molecule has 6 heteroatoms. The summed E-state index contributed by atoms with van der Waals surface area (Å²) < 4.78 is 0. The first-order valence-corrected chi connectivity index (χ1v) is 11.9. The predicted octanol–water partition coefficient (Wildman–Crippen LogP) is 2.67. The fourth-order valence-electron chi connectivity index (χ4n) is 4.60. The van der Waals surface area contributed by atoms with Gasteiger partial charge in [0.1, 0.15) is 0 Å². The molecule has 0 unspecified atom stereocenters. The van der Waals surface area contributed by atoms with E-state index in [0.717, 1.165) is 39.0 Å². The van der Waals surface area contributed by atoms with Gasteiger partial charge in [-0.1, -0.05) is 18.2 Å². The van der Waals surface area contributed by atoms with Crippen molar-refractivity contribution in [1.82, 2.24) is 20.4 Å². The molecule has 1 aliphatic heterocycles. The summed E-state index contributed by atoms with van der Waals surface area (Å²) in [5.41, 5.74) is 3.91. The molecular formula is C25H40N4O2. The molecule has 1 heterocycles. The third-order valence-electron chi connectivity index (χ3n) is 6.18. The van der Waals surface area contributed by atoms with E-state index in [1.165, 1.54) is 36.0 Å². The minimum absolute atomic E-state index is 0.0179. The van der Waals surface area contributed by atoms with Crippen LogP contribution in [-0.2, 0) is 22.4 Å². The highest BCUT2D eigenvalue weighted by molar-refractivity contribution is 5.79. The summed E-state index contributed by atoms with van der Waals surface area (Å²) in [5, 5.41) is 6.21. The Labute approximate surface area is 187 Å². The van der Waals surface area contributed by atoms with Gasteiger partial charge >= 0.3 is 0 Å². The summed E-state index contributed by atoms with van der Waals surface area (Å²) in [7, 11) is 0. The van der Waals surface area contributed by atoms with Gasteiger partial charge < -0.3 is 10.6 Å². The fraction of sp³-hybridized carbons (Fsp3) is 0.680. The van der Waals surface area contributed by atoms with Gasteiger partial charge in [-0.15, -0.1) is 0 Å². The Morgan fingerprint density at radius 2 is 1.52 bits per heavy atom. The highest BCUT2D eigenvalue weighted by Gasteiger charge is 2.21. The molecule has 1 aromatic carbocycles. The number of nitrogens with zero attached hydrogens (tertiary/aromatic N) is 2. The zero-order valence-corrected chi connectivity index (χ0v) is 19.8. The minimum Gasteiger partial charge on any atom is -0.350 e. The SMILES string of the molecule is C[C@@H](NC(=O)CN1CCCN(CC(=O)NC(C)(C)C)CC1)c1ccc2c(c1)CCCC2. The molecule has 0 aromatic heterocycles. The lowest BCUT2D eigenvalue weighted by atomic mass is 9.89. The second-order valence-corrected chi connectivity index (χ2v) is 10.2. The van der Waals surface area contributed by atoms with Crippen molar-refractivity contribution in [3.8, 4) is 0 Å². The van der Waals surface area contributed by atoms with E-state index in [-0.39, 0.29) is 23.4 Å². The monoisotopic (exact) mass is 428 g/mol. The quantitative estimate of drug-likeness (QED) is 0.731. The van der Waals surface area contributed by atoms with Crippen molar-refractivity contribution < 1.29 is 9.59 Å². The zero-order chi connectivity index (χ0) is 22.4. The van der Waals surface area contributed by atoms with E-state index in [1.54, 1.807) is 0 Å². The standard InChI is InChI=1S/C25H40N4O2/c1-19(21-11-10-20-8-5-6-9-22(20)16-21)26-23(30)17-28-12-7-13-29(15-14-28)18-24(31)27-25(2,3)4/h10-11,16,19H,5-9,12-15,17-18H2,1-4H3,(H,26,30)(H,27,31)/t19-/m1/s1. The van der Waals surface area contributed by atoms with E-state index < -0.39 is 0 Å². The number of aryl methyl sites for hydroxylation is 2. The van der Waals surface area contributed by atoms with Crippen LogP contribution in [0.2, 0.25) is 0 Å². The van der Waals surface area contributed by atoms with E-state index in [4.69, 9.17) is 0 Å². The van der Waals surface area contributed by atoms with Gasteiger partial charge in [0.25, 0.3) is 0 Å². The topological polar surface area (TPSA) is 64.7 Å². The van der Waals surface area contributed by atoms with Crippen LogP contribution in [0.1, 0.15) is 69.7 Å². The molecule has 172 valence electrons. The molecule has 1 saturated heterocycles. The summed E-state index contributed by atoms with van der Waals surface area (Å²) in [6.45, 7) is 12.3. The zero-order valence-electron chi connectivity index (χ0n) is 19.8. The first-order chi connectivity index (χ1) is 14.7. The molecule has 1 aliphatic carbocycles. The Morgan fingerprint density at radius 3 is 2.16 bits per heavy atom. The lowest BCUT2D eigenvalue weighted by Gasteiger charge is -2.25. The van der Waals surface area contributed by atoms with Gasteiger partial charge in [0.2, 0.25) is 11.8 Å². The van der Waals surface area contributed by atoms with Crippen LogP contribution in [0.15, 0.2) is 18.2 Å². The van der Waals surface area contributed by atoms with Crippen LogP contribution in [0.5, 0.6) is 0 Å². The van der Waals surface area contributed by atoms with Crippen LogP contribution in [0.3, 0.4) is 0 Å². The van der Waals surface area contributed by atoms with Crippen LogP contribution in [0.25, 0.3) is 0 Å². The first kappa shape index (κ1) is 23.7. The number of carbonyl (C=O) groups is 2. The summed E-state index contributed by atoms with van der Waals surface area (Å²) in [5.74, 6) is 0.140. The lowest BCUT2D eigenvalue weighted by Crippen LogP contribution is -2.46. The maximum Gasteiger partial charge on any atom is 0.234 e. The molecule has 2 N–H and O–H groups in total. The largest absolute Gasteiger partial charge is 0.350 e. The summed E-state index contributed by atoms with van der Waals surface area (Å²) in [6.07, 6.45) is 5.85. The Hall–Kier alpha value is -1.92. The fourth-order valence-corrected chi connectivity index (χ4v) is 4.60. The summed E-state index contributed by atoms with van der Waals surface area (Å²) in [6, 6.07) is 6.71. The third kappa shape index (κ3) is 7.62. The third-order valence-corrected chi connectivity index (χ3v) is 6.18. The van der Waals surface area contributed by atoms with Crippen molar-refractivity contribution in [2.45, 2.75) is 71.4 Å². The van der Waals surface area contributed by atoms with Crippen molar-refractivity contribution >= 4 is 11.8 Å². The molecule has 1 aromatic rings. The van der Waals surface area contributed by atoms with Gasteiger partial charge in [-0.2, -0.15) is 0 Å². The number of fused-ring (bicyclic) bond motifs is 1. The van der Waals surface area contributed by atoms with Gasteiger partial charge in [-0.05, 0) is 89.6 Å². The number of hydrogen-bond donors (Lipinski definition) is 2. The molecule has 2 aliphatic rings. The van der Waals surface area contributed by atoms with Gasteiger partial charge in [-0.25, -0.2) is 0 Å². The number of rotatable bonds is 6. The van der Waals surface area contributed by atoms with Crippen LogP contribution >= 0.6 is 0 Å². The first-order valence-electron chi connectivity index (χ1n) is 11.9. The molecule has 0 saturated carbocycles. The second kappa shape index (κ2) is 10.6. The van der Waals surface area contributed by atoms with Gasteiger partial charge in [0.15, 0.2) is 0 Å². The van der Waals surface area contributed by atoms with Crippen molar-refractivity contribution in [2.75, 3.05) is 39.3 Å². The van der Waals surface area contributed by atoms with Crippen molar-refractivity contribution in [3.05, 3.63) is 34.9 Å². The molecule has 2 amide bonds. The molecule has 0 radical (unpaired) electrons. The van der Waals surface area contributed by atoms with Crippen LogP contribution in [-0.4, -0.2) is 66.4 Å². The Balaban J connectivity index is 1.44. The molecular weight excluding hydrogens is 388 g/mol. The van der Waals surface area contributed by atoms with Crippen LogP contribution < -0.4 is 10.6 Å². The Morgan fingerprint density at radius 1 is 0.903 bits per heavy atom. The molecule has 0 bridgehead atoms. The molecule has 1 atom stereocenters. The molecule has 6 nitrogen and oxygen atoms in total. The number of amides is 2. The average Bonchev–Trinajstić information content (AvgIpc) is 2.91. The predicted molar refractivity (Wildman–Crippen MR) is 125 cm³/mol. The Bertz CT molecular complexity index is 771.